The van der Waals surface area contributed by atoms with Crippen molar-refractivity contribution >= 4 is 11.8 Å². The van der Waals surface area contributed by atoms with Gasteiger partial charge in [-0.1, -0.05) is 6.92 Å². The normalized spacial score (nSPS) is 29.8. The lowest BCUT2D eigenvalue weighted by Crippen LogP contribution is -2.66. The molecule has 3 aliphatic rings. The van der Waals surface area contributed by atoms with Gasteiger partial charge in [0.25, 0.3) is 5.91 Å². The number of ether oxygens (including phenoxy) is 1. The molecule has 2 amide bonds. The van der Waals surface area contributed by atoms with Crippen molar-refractivity contribution in [3.8, 4) is 0 Å². The third-order valence-corrected chi connectivity index (χ3v) is 5.80. The van der Waals surface area contributed by atoms with Crippen LogP contribution in [-0.4, -0.2) is 53.5 Å². The Hall–Kier alpha value is -1.95. The van der Waals surface area contributed by atoms with Gasteiger partial charge in [-0.05, 0) is 43.2 Å². The van der Waals surface area contributed by atoms with Crippen LogP contribution < -0.4 is 5.32 Å². The number of carbonyl (C=O) groups excluding carboxylic acids is 2. The van der Waals surface area contributed by atoms with Gasteiger partial charge in [-0.15, -0.1) is 0 Å². The van der Waals surface area contributed by atoms with E-state index in [2.05, 4.69) is 17.2 Å². The molecule has 0 unspecified atom stereocenters. The molecule has 1 saturated carbocycles. The quantitative estimate of drug-likeness (QED) is 0.899. The van der Waals surface area contributed by atoms with E-state index in [1.165, 1.54) is 0 Å². The van der Waals surface area contributed by atoms with Crippen molar-refractivity contribution in [3.05, 3.63) is 30.1 Å². The molecule has 2 saturated heterocycles. The molecule has 25 heavy (non-hydrogen) atoms. The molecule has 6 heteroatoms. The maximum Gasteiger partial charge on any atom is 0.252 e. The van der Waals surface area contributed by atoms with E-state index < -0.39 is 0 Å². The Morgan fingerprint density at radius 3 is 2.84 bits per heavy atom. The van der Waals surface area contributed by atoms with Crippen molar-refractivity contribution in [2.24, 2.45) is 17.8 Å². The Morgan fingerprint density at radius 1 is 1.44 bits per heavy atom. The maximum absolute atomic E-state index is 12.2. The molecule has 4 rings (SSSR count). The molecule has 1 aliphatic carbocycles. The molecule has 1 aromatic rings. The van der Waals surface area contributed by atoms with Crippen molar-refractivity contribution in [3.63, 3.8) is 0 Å². The molecule has 1 aromatic heterocycles. The third kappa shape index (κ3) is 3.40. The fourth-order valence-electron chi connectivity index (χ4n) is 3.87. The number of likely N-dealkylation sites (tertiary alicyclic amines) is 1. The average molecular weight is 343 g/mol. The van der Waals surface area contributed by atoms with Crippen LogP contribution in [0.1, 0.15) is 36.5 Å². The van der Waals surface area contributed by atoms with E-state index in [0.717, 1.165) is 32.4 Å². The molecule has 3 heterocycles. The van der Waals surface area contributed by atoms with Crippen LogP contribution in [0.4, 0.5) is 0 Å². The highest BCUT2D eigenvalue weighted by molar-refractivity contribution is 5.93. The highest BCUT2D eigenvalue weighted by atomic mass is 16.5. The minimum absolute atomic E-state index is 0.0904. The Balaban J connectivity index is 1.19. The molecular weight excluding hydrogens is 318 g/mol. The number of amides is 2. The van der Waals surface area contributed by atoms with Crippen molar-refractivity contribution in [1.29, 1.82) is 0 Å². The molecule has 0 radical (unpaired) electrons. The summed E-state index contributed by atoms with van der Waals surface area (Å²) in [5, 5.41) is 2.96. The van der Waals surface area contributed by atoms with E-state index >= 15 is 0 Å². The van der Waals surface area contributed by atoms with E-state index in [0.29, 0.717) is 36.5 Å². The summed E-state index contributed by atoms with van der Waals surface area (Å²) >= 11 is 0. The lowest BCUT2D eigenvalue weighted by Gasteiger charge is -2.53. The number of aromatic nitrogens is 1. The molecule has 1 spiro atoms. The fraction of sp³-hybridized carbons (Fsp3) is 0.632. The Labute approximate surface area is 147 Å². The van der Waals surface area contributed by atoms with Gasteiger partial charge in [-0.25, -0.2) is 0 Å². The second-order valence-electron chi connectivity index (χ2n) is 7.86. The van der Waals surface area contributed by atoms with Gasteiger partial charge in [0, 0.05) is 24.9 Å². The topological polar surface area (TPSA) is 71.5 Å². The highest BCUT2D eigenvalue weighted by Gasteiger charge is 2.52. The summed E-state index contributed by atoms with van der Waals surface area (Å²) in [7, 11) is 0. The second-order valence-corrected chi connectivity index (χ2v) is 7.86. The monoisotopic (exact) mass is 343 g/mol. The predicted molar refractivity (Wildman–Crippen MR) is 91.8 cm³/mol. The lowest BCUT2D eigenvalue weighted by atomic mass is 9.82. The van der Waals surface area contributed by atoms with Crippen LogP contribution in [0, 0.1) is 17.8 Å². The number of hydrogen-bond acceptors (Lipinski definition) is 4. The Morgan fingerprint density at radius 2 is 2.24 bits per heavy atom. The van der Waals surface area contributed by atoms with Gasteiger partial charge in [0.05, 0.1) is 25.3 Å². The van der Waals surface area contributed by atoms with E-state index in [1.807, 2.05) is 4.90 Å². The van der Waals surface area contributed by atoms with Crippen LogP contribution in [-0.2, 0) is 9.53 Å². The molecule has 134 valence electrons. The number of nitrogens with one attached hydrogen (secondary N) is 1. The first kappa shape index (κ1) is 16.5. The van der Waals surface area contributed by atoms with E-state index in [1.54, 1.807) is 24.5 Å². The predicted octanol–water partition coefficient (Wildman–Crippen LogP) is 1.47. The minimum Gasteiger partial charge on any atom is -0.371 e. The first-order valence-corrected chi connectivity index (χ1v) is 9.17. The van der Waals surface area contributed by atoms with Crippen LogP contribution >= 0.6 is 0 Å². The fourth-order valence-corrected chi connectivity index (χ4v) is 3.87. The Bertz CT molecular complexity index is 647. The number of nitrogens with zero attached hydrogens (tertiary/aromatic N) is 2. The number of carbonyl (C=O) groups is 2. The second kappa shape index (κ2) is 6.41. The smallest absolute Gasteiger partial charge is 0.252 e. The highest BCUT2D eigenvalue weighted by Crippen LogP contribution is 2.43. The summed E-state index contributed by atoms with van der Waals surface area (Å²) in [5.74, 6) is 1.37. The van der Waals surface area contributed by atoms with Gasteiger partial charge in [0.2, 0.25) is 5.91 Å². The van der Waals surface area contributed by atoms with E-state index in [9.17, 15) is 9.59 Å². The zero-order valence-electron chi connectivity index (χ0n) is 14.6. The molecule has 0 bridgehead atoms. The SMILES string of the molecule is C[C@@H]1C[C@H]1C(=O)N1CC2(CC[C@H](CNC(=O)c3cccnc3)CO2)C1. The molecule has 1 N–H and O–H groups in total. The minimum atomic E-state index is -0.127. The van der Waals surface area contributed by atoms with Crippen LogP contribution in [0.5, 0.6) is 0 Å². The van der Waals surface area contributed by atoms with Crippen molar-refractivity contribution < 1.29 is 14.3 Å². The molecule has 0 aromatic carbocycles. The van der Waals surface area contributed by atoms with Gasteiger partial charge < -0.3 is 15.0 Å². The maximum atomic E-state index is 12.2. The van der Waals surface area contributed by atoms with Gasteiger partial charge in [0.15, 0.2) is 0 Å². The van der Waals surface area contributed by atoms with Gasteiger partial charge in [-0.3, -0.25) is 14.6 Å². The van der Waals surface area contributed by atoms with Crippen LogP contribution in [0.15, 0.2) is 24.5 Å². The van der Waals surface area contributed by atoms with Crippen molar-refractivity contribution in [2.75, 3.05) is 26.2 Å². The van der Waals surface area contributed by atoms with Crippen molar-refractivity contribution in [1.82, 2.24) is 15.2 Å². The first-order chi connectivity index (χ1) is 12.1. The number of hydrogen-bond donors (Lipinski definition) is 1. The van der Waals surface area contributed by atoms with Gasteiger partial charge >= 0.3 is 0 Å². The molecule has 6 nitrogen and oxygen atoms in total. The van der Waals surface area contributed by atoms with Gasteiger partial charge in [-0.2, -0.15) is 0 Å². The molecule has 3 fully saturated rings. The first-order valence-electron chi connectivity index (χ1n) is 9.17. The average Bonchev–Trinajstić information content (AvgIpc) is 3.35. The molecule has 3 atom stereocenters. The lowest BCUT2D eigenvalue weighted by molar-refractivity contribution is -0.189. The standard InChI is InChI=1S/C19H25N3O3/c1-13-7-16(13)18(24)22-11-19(12-22)5-4-14(10-25-19)8-21-17(23)15-3-2-6-20-9-15/h2-3,6,9,13-14,16H,4-5,7-8,10-12H2,1H3,(H,21,23)/t13-,14-,16-/m1/s1. The van der Waals surface area contributed by atoms with Crippen LogP contribution in [0.3, 0.4) is 0 Å². The summed E-state index contributed by atoms with van der Waals surface area (Å²) in [5.41, 5.74) is 0.454. The van der Waals surface area contributed by atoms with Crippen molar-refractivity contribution in [2.45, 2.75) is 31.8 Å². The number of pyridine rings is 1. The summed E-state index contributed by atoms with van der Waals surface area (Å²) in [6.07, 6.45) is 6.26. The van der Waals surface area contributed by atoms with Gasteiger partial charge in [0.1, 0.15) is 5.60 Å². The number of rotatable bonds is 4. The largest absolute Gasteiger partial charge is 0.371 e. The van der Waals surface area contributed by atoms with Crippen LogP contribution in [0.25, 0.3) is 0 Å². The third-order valence-electron chi connectivity index (χ3n) is 5.80. The zero-order valence-corrected chi connectivity index (χ0v) is 14.6. The van der Waals surface area contributed by atoms with Crippen LogP contribution in [0.2, 0.25) is 0 Å². The zero-order chi connectivity index (χ0) is 17.4. The molecular formula is C19H25N3O3. The van der Waals surface area contributed by atoms with E-state index in [4.69, 9.17) is 4.74 Å². The Kier molecular flexibility index (Phi) is 4.23. The summed E-state index contributed by atoms with van der Waals surface area (Å²) < 4.78 is 6.10. The summed E-state index contributed by atoms with van der Waals surface area (Å²) in [6.45, 7) is 4.88. The summed E-state index contributed by atoms with van der Waals surface area (Å²) in [4.78, 5) is 30.2. The molecule has 2 aliphatic heterocycles. The van der Waals surface area contributed by atoms with E-state index in [-0.39, 0.29) is 17.4 Å². The summed E-state index contributed by atoms with van der Waals surface area (Å²) in [6, 6.07) is 3.52.